The number of anilines is 1. The van der Waals surface area contributed by atoms with Crippen molar-refractivity contribution in [3.63, 3.8) is 0 Å². The highest BCUT2D eigenvalue weighted by molar-refractivity contribution is 7.18. The summed E-state index contributed by atoms with van der Waals surface area (Å²) in [5, 5.41) is 1.19. The van der Waals surface area contributed by atoms with Crippen LogP contribution in [0.3, 0.4) is 0 Å². The van der Waals surface area contributed by atoms with E-state index in [0.717, 1.165) is 17.2 Å². The van der Waals surface area contributed by atoms with Gasteiger partial charge in [-0.1, -0.05) is 65.9 Å². The fraction of sp³-hybridized carbons (Fsp3) is 0.0833. The first-order chi connectivity index (χ1) is 13.7. The Morgan fingerprint density at radius 1 is 0.857 bits per heavy atom. The van der Waals surface area contributed by atoms with Gasteiger partial charge in [0, 0.05) is 36.0 Å². The van der Waals surface area contributed by atoms with Crippen molar-refractivity contribution in [1.82, 2.24) is 0 Å². The van der Waals surface area contributed by atoms with Crippen molar-refractivity contribution in [2.24, 2.45) is 12.0 Å². The molecule has 0 amide bonds. The number of thiazole rings is 1. The number of aromatic nitrogens is 1. The summed E-state index contributed by atoms with van der Waals surface area (Å²) in [6.45, 7) is 0. The van der Waals surface area contributed by atoms with Crippen molar-refractivity contribution in [1.29, 1.82) is 0 Å². The number of nitrogens with zero attached hydrogens (tertiary/aromatic N) is 3. The highest BCUT2D eigenvalue weighted by Crippen LogP contribution is 2.33. The SMILES string of the molecule is CN(C1=N/C(=C\c2sc3ccccc3[n+]2C)c2ccccc21)c1ccccc1. The number of hydrogen-bond acceptors (Lipinski definition) is 3. The van der Waals surface area contributed by atoms with Gasteiger partial charge in [0.15, 0.2) is 0 Å². The molecular formula is C24H20N3S+. The topological polar surface area (TPSA) is 19.5 Å². The number of amidine groups is 1. The highest BCUT2D eigenvalue weighted by Gasteiger charge is 2.25. The van der Waals surface area contributed by atoms with E-state index in [1.165, 1.54) is 26.4 Å². The molecule has 2 heterocycles. The minimum atomic E-state index is 0.983. The van der Waals surface area contributed by atoms with Gasteiger partial charge in [0.1, 0.15) is 17.6 Å². The van der Waals surface area contributed by atoms with Gasteiger partial charge in [0.25, 0.3) is 5.01 Å². The fourth-order valence-corrected chi connectivity index (χ4v) is 4.73. The summed E-state index contributed by atoms with van der Waals surface area (Å²) in [5.74, 6) is 0.983. The average Bonchev–Trinajstić information content (AvgIpc) is 3.27. The second-order valence-electron chi connectivity index (χ2n) is 6.87. The molecule has 0 atom stereocenters. The fourth-order valence-electron chi connectivity index (χ4n) is 3.64. The lowest BCUT2D eigenvalue weighted by Crippen LogP contribution is -2.28. The van der Waals surface area contributed by atoms with Gasteiger partial charge in [-0.15, -0.1) is 0 Å². The Morgan fingerprint density at radius 3 is 2.32 bits per heavy atom. The first-order valence-electron chi connectivity index (χ1n) is 9.29. The Labute approximate surface area is 168 Å². The quantitative estimate of drug-likeness (QED) is 0.441. The predicted molar refractivity (Wildman–Crippen MR) is 119 cm³/mol. The minimum Gasteiger partial charge on any atom is -0.329 e. The predicted octanol–water partition coefficient (Wildman–Crippen LogP) is 5.12. The van der Waals surface area contributed by atoms with Crippen molar-refractivity contribution in [2.45, 2.75) is 0 Å². The van der Waals surface area contributed by atoms with Crippen LogP contribution in [0.4, 0.5) is 5.69 Å². The van der Waals surface area contributed by atoms with E-state index in [-0.39, 0.29) is 0 Å². The maximum absolute atomic E-state index is 5.04. The molecule has 0 radical (unpaired) electrons. The first kappa shape index (κ1) is 16.9. The maximum Gasteiger partial charge on any atom is 0.264 e. The molecule has 0 spiro atoms. The third-order valence-electron chi connectivity index (χ3n) is 5.16. The van der Waals surface area contributed by atoms with E-state index in [1.807, 2.05) is 6.07 Å². The molecule has 4 heteroatoms. The summed E-state index contributed by atoms with van der Waals surface area (Å²) in [7, 11) is 4.19. The smallest absolute Gasteiger partial charge is 0.264 e. The van der Waals surface area contributed by atoms with Gasteiger partial charge in [-0.3, -0.25) is 0 Å². The molecule has 0 unspecified atom stereocenters. The molecule has 1 aliphatic heterocycles. The van der Waals surface area contributed by atoms with Crippen LogP contribution in [0, 0.1) is 0 Å². The molecule has 0 fully saturated rings. The summed E-state index contributed by atoms with van der Waals surface area (Å²) in [6, 6.07) is 27.3. The van der Waals surface area contributed by atoms with Crippen molar-refractivity contribution >= 4 is 44.8 Å². The van der Waals surface area contributed by atoms with Crippen LogP contribution < -0.4 is 9.47 Å². The lowest BCUT2D eigenvalue weighted by atomic mass is 10.1. The number of benzene rings is 3. The van der Waals surface area contributed by atoms with Crippen molar-refractivity contribution in [3.8, 4) is 0 Å². The molecule has 4 aromatic rings. The summed E-state index contributed by atoms with van der Waals surface area (Å²) in [4.78, 5) is 7.19. The van der Waals surface area contributed by atoms with Crippen LogP contribution in [0.15, 0.2) is 83.9 Å². The number of aryl methyl sites for hydroxylation is 1. The van der Waals surface area contributed by atoms with E-state index in [2.05, 4.69) is 102 Å². The van der Waals surface area contributed by atoms with E-state index in [4.69, 9.17) is 4.99 Å². The third-order valence-corrected chi connectivity index (χ3v) is 6.33. The molecule has 3 nitrogen and oxygen atoms in total. The second-order valence-corrected chi connectivity index (χ2v) is 7.93. The molecule has 0 saturated heterocycles. The Hall–Kier alpha value is -3.24. The van der Waals surface area contributed by atoms with Crippen LogP contribution in [-0.2, 0) is 7.05 Å². The Morgan fingerprint density at radius 2 is 1.54 bits per heavy atom. The summed E-state index contributed by atoms with van der Waals surface area (Å²) in [5.41, 5.74) is 5.73. The third kappa shape index (κ3) is 2.74. The Bertz CT molecular complexity index is 1240. The zero-order valence-electron chi connectivity index (χ0n) is 15.8. The molecular weight excluding hydrogens is 362 g/mol. The zero-order valence-corrected chi connectivity index (χ0v) is 16.6. The van der Waals surface area contributed by atoms with Gasteiger partial charge in [-0.2, -0.15) is 4.57 Å². The largest absolute Gasteiger partial charge is 0.329 e. The lowest BCUT2D eigenvalue weighted by Gasteiger charge is -2.19. The van der Waals surface area contributed by atoms with Crippen molar-refractivity contribution in [3.05, 3.63) is 95.0 Å². The number of para-hydroxylation sites is 2. The van der Waals surface area contributed by atoms with Gasteiger partial charge in [-0.05, 0) is 18.2 Å². The zero-order chi connectivity index (χ0) is 19.1. The molecule has 1 aromatic heterocycles. The van der Waals surface area contributed by atoms with Crippen LogP contribution >= 0.6 is 11.3 Å². The number of fused-ring (bicyclic) bond motifs is 2. The van der Waals surface area contributed by atoms with Gasteiger partial charge < -0.3 is 4.90 Å². The van der Waals surface area contributed by atoms with Crippen LogP contribution in [0.25, 0.3) is 22.0 Å². The molecule has 0 aliphatic carbocycles. The molecule has 0 N–H and O–H groups in total. The minimum absolute atomic E-state index is 0.983. The molecule has 0 saturated carbocycles. The second kappa shape index (κ2) is 6.73. The average molecular weight is 383 g/mol. The summed E-state index contributed by atoms with van der Waals surface area (Å²) >= 11 is 1.80. The van der Waals surface area contributed by atoms with Gasteiger partial charge in [0.2, 0.25) is 5.52 Å². The standard InChI is InChI=1S/C24H20N3S/c1-26(17-10-4-3-5-11-17)24-19-13-7-6-12-18(19)20(25-24)16-23-27(2)21-14-8-9-15-22(21)28-23/h3-16H,1-2H3/q+1. The first-order valence-corrected chi connectivity index (χ1v) is 10.1. The maximum atomic E-state index is 5.04. The molecule has 0 bridgehead atoms. The van der Waals surface area contributed by atoms with Gasteiger partial charge in [0.05, 0.1) is 5.70 Å². The number of aliphatic imine (C=N–C) groups is 1. The molecule has 1 aliphatic rings. The van der Waals surface area contributed by atoms with E-state index in [1.54, 1.807) is 11.3 Å². The number of hydrogen-bond donors (Lipinski definition) is 0. The molecule has 3 aromatic carbocycles. The summed E-state index contributed by atoms with van der Waals surface area (Å²) in [6.07, 6.45) is 2.20. The number of rotatable bonds is 2. The monoisotopic (exact) mass is 382 g/mol. The van der Waals surface area contributed by atoms with E-state index in [9.17, 15) is 0 Å². The highest BCUT2D eigenvalue weighted by atomic mass is 32.1. The van der Waals surface area contributed by atoms with Crippen LogP contribution in [0.1, 0.15) is 16.1 Å². The van der Waals surface area contributed by atoms with E-state index >= 15 is 0 Å². The van der Waals surface area contributed by atoms with Crippen LogP contribution in [0.5, 0.6) is 0 Å². The van der Waals surface area contributed by atoms with E-state index in [0.29, 0.717) is 0 Å². The normalized spacial score (nSPS) is 14.4. The van der Waals surface area contributed by atoms with Gasteiger partial charge >= 0.3 is 0 Å². The summed E-state index contributed by atoms with van der Waals surface area (Å²) < 4.78 is 3.53. The Kier molecular flexibility index (Phi) is 4.06. The Balaban J connectivity index is 1.64. The molecule has 136 valence electrons. The molecule has 28 heavy (non-hydrogen) atoms. The molecule has 5 rings (SSSR count). The van der Waals surface area contributed by atoms with Crippen LogP contribution in [0.2, 0.25) is 0 Å². The van der Waals surface area contributed by atoms with Crippen LogP contribution in [-0.4, -0.2) is 12.9 Å². The van der Waals surface area contributed by atoms with E-state index < -0.39 is 0 Å². The van der Waals surface area contributed by atoms with Gasteiger partial charge in [-0.25, -0.2) is 4.99 Å². The van der Waals surface area contributed by atoms with Crippen molar-refractivity contribution < 1.29 is 4.57 Å². The lowest BCUT2D eigenvalue weighted by molar-refractivity contribution is -0.642. The van der Waals surface area contributed by atoms with Crippen molar-refractivity contribution in [2.75, 3.05) is 11.9 Å².